The van der Waals surface area contributed by atoms with Crippen LogP contribution in [0.3, 0.4) is 0 Å². The molecule has 5 heteroatoms. The summed E-state index contributed by atoms with van der Waals surface area (Å²) in [6.45, 7) is 0.120. The molecule has 0 spiro atoms. The van der Waals surface area contributed by atoms with Crippen molar-refractivity contribution in [1.29, 1.82) is 0 Å². The third-order valence-electron chi connectivity index (χ3n) is 2.10. The van der Waals surface area contributed by atoms with Crippen LogP contribution in [0.1, 0.15) is 5.56 Å². The van der Waals surface area contributed by atoms with Crippen LogP contribution in [-0.2, 0) is 11.2 Å². The number of carbonyl (C=O) groups is 1. The molecule has 0 unspecified atom stereocenters. The number of carboxylic acids is 1. The number of ether oxygens (including phenoxy) is 3. The number of hydrogen-bond donors (Lipinski definition) is 1. The number of benzene rings is 1. The van der Waals surface area contributed by atoms with Gasteiger partial charge in [-0.05, 0) is 6.07 Å². The van der Waals surface area contributed by atoms with Crippen molar-refractivity contribution in [2.45, 2.75) is 6.42 Å². The highest BCUT2D eigenvalue weighted by atomic mass is 16.7. The number of aliphatic carboxylic acids is 1. The van der Waals surface area contributed by atoms with Gasteiger partial charge in [-0.15, -0.1) is 0 Å². The van der Waals surface area contributed by atoms with Gasteiger partial charge in [0.15, 0.2) is 11.5 Å². The molecule has 1 aromatic rings. The zero-order valence-corrected chi connectivity index (χ0v) is 8.15. The lowest BCUT2D eigenvalue weighted by molar-refractivity contribution is -0.136. The Morgan fingerprint density at radius 3 is 3.00 bits per heavy atom. The predicted octanol–water partition coefficient (Wildman–Crippen LogP) is 1.05. The largest absolute Gasteiger partial charge is 0.497 e. The fraction of sp³-hybridized carbons (Fsp3) is 0.300. The van der Waals surface area contributed by atoms with Crippen molar-refractivity contribution >= 4 is 5.97 Å². The third kappa shape index (κ3) is 1.81. The van der Waals surface area contributed by atoms with E-state index in [0.29, 0.717) is 22.8 Å². The molecular weight excluding hydrogens is 200 g/mol. The Hall–Kier alpha value is -1.91. The number of rotatable bonds is 3. The highest BCUT2D eigenvalue weighted by Crippen LogP contribution is 2.39. The van der Waals surface area contributed by atoms with E-state index in [1.807, 2.05) is 0 Å². The van der Waals surface area contributed by atoms with Gasteiger partial charge >= 0.3 is 5.97 Å². The van der Waals surface area contributed by atoms with Crippen LogP contribution in [0.2, 0.25) is 0 Å². The molecule has 0 aliphatic carbocycles. The van der Waals surface area contributed by atoms with Gasteiger partial charge in [-0.2, -0.15) is 0 Å². The van der Waals surface area contributed by atoms with Crippen LogP contribution in [0, 0.1) is 0 Å². The zero-order valence-electron chi connectivity index (χ0n) is 8.15. The molecule has 5 nitrogen and oxygen atoms in total. The maximum atomic E-state index is 10.6. The quantitative estimate of drug-likeness (QED) is 0.807. The van der Waals surface area contributed by atoms with E-state index in [1.165, 1.54) is 7.11 Å². The predicted molar refractivity (Wildman–Crippen MR) is 50.5 cm³/mol. The lowest BCUT2D eigenvalue weighted by atomic mass is 10.1. The van der Waals surface area contributed by atoms with Gasteiger partial charge in [0, 0.05) is 11.6 Å². The maximum Gasteiger partial charge on any atom is 0.307 e. The Labute approximate surface area is 86.2 Å². The highest BCUT2D eigenvalue weighted by molar-refractivity contribution is 5.73. The second-order valence-electron chi connectivity index (χ2n) is 3.09. The lowest BCUT2D eigenvalue weighted by Gasteiger charge is -2.06. The van der Waals surface area contributed by atoms with Gasteiger partial charge < -0.3 is 19.3 Å². The highest BCUT2D eigenvalue weighted by Gasteiger charge is 2.20. The molecule has 0 fully saturated rings. The van der Waals surface area contributed by atoms with Gasteiger partial charge in [0.05, 0.1) is 13.5 Å². The molecule has 1 aliphatic heterocycles. The summed E-state index contributed by atoms with van der Waals surface area (Å²) >= 11 is 0. The topological polar surface area (TPSA) is 65.0 Å². The first-order chi connectivity index (χ1) is 7.20. The molecule has 1 aliphatic rings. The zero-order chi connectivity index (χ0) is 10.8. The van der Waals surface area contributed by atoms with E-state index >= 15 is 0 Å². The van der Waals surface area contributed by atoms with Gasteiger partial charge in [-0.25, -0.2) is 0 Å². The van der Waals surface area contributed by atoms with Crippen molar-refractivity contribution in [2.24, 2.45) is 0 Å². The summed E-state index contributed by atoms with van der Waals surface area (Å²) in [5.74, 6) is 0.681. The third-order valence-corrected chi connectivity index (χ3v) is 2.10. The molecule has 1 heterocycles. The van der Waals surface area contributed by atoms with Crippen molar-refractivity contribution in [1.82, 2.24) is 0 Å². The van der Waals surface area contributed by atoms with Crippen LogP contribution in [0.5, 0.6) is 17.2 Å². The Bertz CT molecular complexity index is 399. The van der Waals surface area contributed by atoms with Crippen molar-refractivity contribution in [2.75, 3.05) is 13.9 Å². The summed E-state index contributed by atoms with van der Waals surface area (Å²) in [6.07, 6.45) is -0.108. The summed E-state index contributed by atoms with van der Waals surface area (Å²) in [5, 5.41) is 8.72. The number of fused-ring (bicyclic) bond motifs is 1. The van der Waals surface area contributed by atoms with Crippen LogP contribution >= 0.6 is 0 Å². The SMILES string of the molecule is COc1cc(CC(=O)O)c2c(c1)OCO2. The molecule has 0 saturated carbocycles. The second-order valence-corrected chi connectivity index (χ2v) is 3.09. The Morgan fingerprint density at radius 1 is 1.53 bits per heavy atom. The summed E-state index contributed by atoms with van der Waals surface area (Å²) in [5.41, 5.74) is 0.564. The van der Waals surface area contributed by atoms with E-state index < -0.39 is 5.97 Å². The van der Waals surface area contributed by atoms with Crippen LogP contribution in [0.15, 0.2) is 12.1 Å². The van der Waals surface area contributed by atoms with E-state index in [0.717, 1.165) is 0 Å². The average molecular weight is 210 g/mol. The first kappa shape index (κ1) is 9.64. The van der Waals surface area contributed by atoms with Gasteiger partial charge in [0.2, 0.25) is 6.79 Å². The normalized spacial score (nSPS) is 12.6. The van der Waals surface area contributed by atoms with E-state index in [-0.39, 0.29) is 13.2 Å². The number of carboxylic acid groups (broad SMARTS) is 1. The van der Waals surface area contributed by atoms with E-state index in [1.54, 1.807) is 12.1 Å². The summed E-state index contributed by atoms with van der Waals surface area (Å²) < 4.78 is 15.4. The lowest BCUT2D eigenvalue weighted by Crippen LogP contribution is -2.02. The minimum Gasteiger partial charge on any atom is -0.497 e. The molecule has 0 atom stereocenters. The van der Waals surface area contributed by atoms with Crippen molar-refractivity contribution < 1.29 is 24.1 Å². The Balaban J connectivity index is 2.42. The molecule has 80 valence electrons. The van der Waals surface area contributed by atoms with Gasteiger partial charge in [0.25, 0.3) is 0 Å². The van der Waals surface area contributed by atoms with Gasteiger partial charge in [-0.3, -0.25) is 4.79 Å². The first-order valence-corrected chi connectivity index (χ1v) is 4.39. The molecule has 1 aromatic carbocycles. The molecule has 0 aromatic heterocycles. The van der Waals surface area contributed by atoms with E-state index in [2.05, 4.69) is 0 Å². The molecule has 2 rings (SSSR count). The fourth-order valence-electron chi connectivity index (χ4n) is 1.47. The van der Waals surface area contributed by atoms with Crippen LogP contribution in [-0.4, -0.2) is 25.0 Å². The van der Waals surface area contributed by atoms with Crippen LogP contribution in [0.25, 0.3) is 0 Å². The summed E-state index contributed by atoms with van der Waals surface area (Å²) in [4.78, 5) is 10.6. The summed E-state index contributed by atoms with van der Waals surface area (Å²) in [7, 11) is 1.52. The molecule has 0 saturated heterocycles. The summed E-state index contributed by atoms with van der Waals surface area (Å²) in [6, 6.07) is 3.31. The average Bonchev–Trinajstić information content (AvgIpc) is 2.64. The molecule has 15 heavy (non-hydrogen) atoms. The molecule has 0 radical (unpaired) electrons. The maximum absolute atomic E-state index is 10.6. The Kier molecular flexibility index (Phi) is 2.37. The number of methoxy groups -OCH3 is 1. The fourth-order valence-corrected chi connectivity index (χ4v) is 1.47. The monoisotopic (exact) mass is 210 g/mol. The first-order valence-electron chi connectivity index (χ1n) is 4.39. The minimum absolute atomic E-state index is 0.108. The van der Waals surface area contributed by atoms with Crippen LogP contribution < -0.4 is 14.2 Å². The standard InChI is InChI=1S/C10H10O5/c1-13-7-2-6(3-9(11)12)10-8(4-7)14-5-15-10/h2,4H,3,5H2,1H3,(H,11,12). The van der Waals surface area contributed by atoms with Crippen molar-refractivity contribution in [3.8, 4) is 17.2 Å². The number of hydrogen-bond acceptors (Lipinski definition) is 4. The molecule has 0 amide bonds. The minimum atomic E-state index is -0.916. The van der Waals surface area contributed by atoms with Crippen molar-refractivity contribution in [3.63, 3.8) is 0 Å². The van der Waals surface area contributed by atoms with Crippen LogP contribution in [0.4, 0.5) is 0 Å². The molecule has 0 bridgehead atoms. The Morgan fingerprint density at radius 2 is 2.33 bits per heavy atom. The smallest absolute Gasteiger partial charge is 0.307 e. The molecule has 1 N–H and O–H groups in total. The van der Waals surface area contributed by atoms with E-state index in [9.17, 15) is 4.79 Å². The van der Waals surface area contributed by atoms with Crippen molar-refractivity contribution in [3.05, 3.63) is 17.7 Å². The van der Waals surface area contributed by atoms with Gasteiger partial charge in [-0.1, -0.05) is 0 Å². The van der Waals surface area contributed by atoms with Gasteiger partial charge in [0.1, 0.15) is 5.75 Å². The van der Waals surface area contributed by atoms with E-state index in [4.69, 9.17) is 19.3 Å². The molecular formula is C10H10O5. The second kappa shape index (κ2) is 3.68.